The Labute approximate surface area is 222 Å². The van der Waals surface area contributed by atoms with Crippen molar-refractivity contribution in [2.75, 3.05) is 14.2 Å². The molecule has 0 saturated carbocycles. The van der Waals surface area contributed by atoms with Gasteiger partial charge in [0.1, 0.15) is 0 Å². The Hall–Kier alpha value is -1.60. The van der Waals surface area contributed by atoms with Crippen LogP contribution in [0, 0.1) is 0 Å². The van der Waals surface area contributed by atoms with Crippen molar-refractivity contribution in [1.82, 2.24) is 0 Å². The first kappa shape index (κ1) is 31.4. The van der Waals surface area contributed by atoms with Crippen molar-refractivity contribution in [3.8, 4) is 23.0 Å². The fourth-order valence-electron chi connectivity index (χ4n) is 2.09. The molecule has 176 valence electrons. The average molecular weight is 624 g/mol. The zero-order valence-electron chi connectivity index (χ0n) is 17.9. The number of carbonyl (C=O) groups excluding carboxylic acids is 2. The van der Waals surface area contributed by atoms with E-state index in [1.54, 1.807) is 0 Å². The molecule has 0 heterocycles. The number of rotatable bonds is 6. The molecule has 12 nitrogen and oxygen atoms in total. The third-order valence-electron chi connectivity index (χ3n) is 3.35. The van der Waals surface area contributed by atoms with Crippen LogP contribution in [-0.2, 0) is 24.9 Å². The molecule has 0 N–H and O–H groups in total. The fraction of sp³-hybridized carbons (Fsp3) is 0.222. The normalized spacial score (nSPS) is 10.6. The van der Waals surface area contributed by atoms with E-state index in [1.807, 2.05) is 0 Å². The van der Waals surface area contributed by atoms with Gasteiger partial charge in [0.05, 0.1) is 0 Å². The second-order valence-corrected chi connectivity index (χ2v) is 11.5. The Bertz CT molecular complexity index is 1110. The van der Waals surface area contributed by atoms with Crippen molar-refractivity contribution in [2.24, 2.45) is 0 Å². The predicted molar refractivity (Wildman–Crippen MR) is 108 cm³/mol. The van der Waals surface area contributed by atoms with Crippen molar-refractivity contribution in [3.05, 3.63) is 36.4 Å². The van der Waals surface area contributed by atoms with E-state index in [0.717, 1.165) is 38.1 Å². The molecule has 0 bridgehead atoms. The van der Waals surface area contributed by atoms with Gasteiger partial charge in [-0.1, -0.05) is 0 Å². The Balaban J connectivity index is 0.000000602. The third-order valence-corrected chi connectivity index (χ3v) is 6.84. The summed E-state index contributed by atoms with van der Waals surface area (Å²) in [5.74, 6) is -1.08. The van der Waals surface area contributed by atoms with Gasteiger partial charge in [0.2, 0.25) is 0 Å². The molecule has 0 spiro atoms. The third kappa shape index (κ3) is 10.5. The van der Waals surface area contributed by atoms with Gasteiger partial charge < -0.3 is 0 Å². The van der Waals surface area contributed by atoms with Gasteiger partial charge >= 0.3 is 224 Å². The molecular weight excluding hydrogens is 606 g/mol. The Morgan fingerprint density at radius 2 is 0.970 bits per heavy atom. The number of esters is 2. The molecule has 0 aromatic heterocycles. The van der Waals surface area contributed by atoms with Gasteiger partial charge in [-0.05, 0) is 0 Å². The van der Waals surface area contributed by atoms with Crippen molar-refractivity contribution < 1.29 is 52.3 Å². The standard InChI is InChI=1S/2C9H10O6Se.Ca/c2*1-6(10)15-9-5-7(16(11,12)13)3-4-8(9)14-2;/h2*3-5H,1-2H3,(H,11,12,13);/q;;+2/p-2. The molecule has 2 aromatic rings. The topological polar surface area (TPSA) is 185 Å². The summed E-state index contributed by atoms with van der Waals surface area (Å²) in [7, 11) is 2.67. The molecule has 0 fully saturated rings. The van der Waals surface area contributed by atoms with E-state index < -0.39 is 46.9 Å². The van der Waals surface area contributed by atoms with Crippen LogP contribution in [-0.4, -0.2) is 90.0 Å². The molecule has 0 radical (unpaired) electrons. The number of ether oxygens (including phenoxy) is 4. The van der Waals surface area contributed by atoms with Crippen LogP contribution >= 0.6 is 0 Å². The van der Waals surface area contributed by atoms with E-state index in [9.17, 15) is 33.3 Å². The van der Waals surface area contributed by atoms with Crippen LogP contribution in [0.2, 0.25) is 0 Å². The van der Waals surface area contributed by atoms with E-state index in [1.165, 1.54) is 26.4 Å². The summed E-state index contributed by atoms with van der Waals surface area (Å²) in [5, 5.41) is 0. The first-order chi connectivity index (χ1) is 14.7. The van der Waals surface area contributed by atoms with Crippen molar-refractivity contribution in [2.45, 2.75) is 13.8 Å². The van der Waals surface area contributed by atoms with Crippen molar-refractivity contribution in [3.63, 3.8) is 0 Å². The van der Waals surface area contributed by atoms with E-state index in [0.29, 0.717) is 0 Å². The molecule has 2 rings (SSSR count). The van der Waals surface area contributed by atoms with Gasteiger partial charge in [0.15, 0.2) is 0 Å². The monoisotopic (exact) mass is 626 g/mol. The number of carbonyl (C=O) groups is 2. The van der Waals surface area contributed by atoms with Gasteiger partial charge in [-0.15, -0.1) is 0 Å². The Morgan fingerprint density at radius 1 is 0.667 bits per heavy atom. The van der Waals surface area contributed by atoms with Gasteiger partial charge in [-0.3, -0.25) is 0 Å². The molecule has 0 saturated heterocycles. The molecule has 0 unspecified atom stereocenters. The van der Waals surface area contributed by atoms with Crippen LogP contribution < -0.4 is 36.2 Å². The minimum atomic E-state index is -5.32. The summed E-state index contributed by atoms with van der Waals surface area (Å²) in [6.07, 6.45) is 0. The van der Waals surface area contributed by atoms with Crippen LogP contribution in [0.4, 0.5) is 0 Å². The van der Waals surface area contributed by atoms with Crippen LogP contribution in [0.1, 0.15) is 13.8 Å². The second-order valence-electron chi connectivity index (χ2n) is 5.72. The summed E-state index contributed by atoms with van der Waals surface area (Å²) in [5.41, 5.74) is 0. The van der Waals surface area contributed by atoms with Crippen LogP contribution in [0.5, 0.6) is 23.0 Å². The molecule has 0 aliphatic carbocycles. The molecule has 33 heavy (non-hydrogen) atoms. The fourth-order valence-corrected chi connectivity index (χ4v) is 4.13. The van der Waals surface area contributed by atoms with E-state index >= 15 is 0 Å². The molecule has 0 aliphatic heterocycles. The maximum absolute atomic E-state index is 10.8. The molecule has 0 aliphatic rings. The van der Waals surface area contributed by atoms with E-state index in [4.69, 9.17) is 18.9 Å². The summed E-state index contributed by atoms with van der Waals surface area (Å²) in [4.78, 5) is 21.5. The summed E-state index contributed by atoms with van der Waals surface area (Å²) < 4.78 is 83.2. The minimum absolute atomic E-state index is 0. The first-order valence-electron chi connectivity index (χ1n) is 8.33. The SMILES string of the molecule is COc1ccc([Se](=O)(=O)[O-])cc1OC(C)=O.COc1ccc([Se](=O)(=O)[O-])cc1OC(C)=O.[Ca+2]. The molecule has 15 heteroatoms. The summed E-state index contributed by atoms with van der Waals surface area (Å²) in [6, 6.07) is 6.69. The molecule has 2 aromatic carbocycles. The number of hydrogen-bond acceptors (Lipinski definition) is 12. The van der Waals surface area contributed by atoms with Crippen LogP contribution in [0.15, 0.2) is 36.4 Å². The van der Waals surface area contributed by atoms with Gasteiger partial charge in [-0.25, -0.2) is 0 Å². The maximum atomic E-state index is 10.8. The Morgan fingerprint density at radius 3 is 1.18 bits per heavy atom. The smallest absolute Gasteiger partial charge is 2.00 e. The van der Waals surface area contributed by atoms with E-state index in [-0.39, 0.29) is 60.7 Å². The second kappa shape index (κ2) is 13.3. The zero-order valence-corrected chi connectivity index (χ0v) is 23.5. The molecule has 0 atom stereocenters. The van der Waals surface area contributed by atoms with E-state index in [2.05, 4.69) is 0 Å². The quantitative estimate of drug-likeness (QED) is 0.189. The maximum Gasteiger partial charge on any atom is 2.00 e. The number of hydrogen-bond donors (Lipinski definition) is 0. The predicted octanol–water partition coefficient (Wildman–Crippen LogP) is -2.41. The van der Waals surface area contributed by atoms with Crippen molar-refractivity contribution in [1.29, 1.82) is 0 Å². The first-order valence-corrected chi connectivity index (χ1v) is 14.2. The van der Waals surface area contributed by atoms with Gasteiger partial charge in [-0.2, -0.15) is 0 Å². The summed E-state index contributed by atoms with van der Waals surface area (Å²) in [6.45, 7) is 2.31. The molecular formula is C18H18CaO12Se2. The van der Waals surface area contributed by atoms with Crippen LogP contribution in [0.3, 0.4) is 0 Å². The van der Waals surface area contributed by atoms with Gasteiger partial charge in [0.25, 0.3) is 0 Å². The number of benzene rings is 2. The average Bonchev–Trinajstić information content (AvgIpc) is 2.66. The van der Waals surface area contributed by atoms with Crippen molar-refractivity contribution >= 4 is 84.7 Å². The largest absolute Gasteiger partial charge is 2.00 e. The minimum Gasteiger partial charge on any atom is 2.00 e. The number of methoxy groups -OCH3 is 2. The molecule has 0 amide bonds. The van der Waals surface area contributed by atoms with Gasteiger partial charge in [0, 0.05) is 0 Å². The van der Waals surface area contributed by atoms with Crippen LogP contribution in [0.25, 0.3) is 0 Å². The zero-order chi connectivity index (χ0) is 24.7. The summed E-state index contributed by atoms with van der Waals surface area (Å²) >= 11 is -10.6. The Kier molecular flexibility index (Phi) is 12.7.